The summed E-state index contributed by atoms with van der Waals surface area (Å²) in [4.78, 5) is 0. The third-order valence-corrected chi connectivity index (χ3v) is 2.18. The molecule has 0 heterocycles. The van der Waals surface area contributed by atoms with Gasteiger partial charge in [-0.3, -0.25) is 0 Å². The Morgan fingerprint density at radius 3 is 2.50 bits per heavy atom. The van der Waals surface area contributed by atoms with Crippen molar-refractivity contribution < 1.29 is 4.39 Å². The molecule has 0 saturated heterocycles. The molecule has 1 rings (SSSR count). The first kappa shape index (κ1) is 10.9. The maximum Gasteiger partial charge on any atom is 0.123 e. The lowest BCUT2D eigenvalue weighted by Crippen LogP contribution is -2.10. The number of allylic oxidation sites excluding steroid dienone is 1. The van der Waals surface area contributed by atoms with Crippen LogP contribution in [-0.4, -0.2) is 0 Å². The standard InChI is InChI=1S/C12H16FN/c1-9(2)3-8-12(14)10-4-6-11(13)7-5-10/h4-7,12H,1,3,8,14H2,2H3. The minimum atomic E-state index is -0.221. The van der Waals surface area contributed by atoms with Gasteiger partial charge in [0.15, 0.2) is 0 Å². The van der Waals surface area contributed by atoms with Crippen LogP contribution in [0, 0.1) is 5.82 Å². The molecule has 14 heavy (non-hydrogen) atoms. The summed E-state index contributed by atoms with van der Waals surface area (Å²) < 4.78 is 12.6. The number of hydrogen-bond acceptors (Lipinski definition) is 1. The van der Waals surface area contributed by atoms with Crippen molar-refractivity contribution in [3.05, 3.63) is 47.8 Å². The summed E-state index contributed by atoms with van der Waals surface area (Å²) in [6.45, 7) is 5.80. The van der Waals surface area contributed by atoms with E-state index >= 15 is 0 Å². The zero-order valence-electron chi connectivity index (χ0n) is 8.46. The lowest BCUT2D eigenvalue weighted by Gasteiger charge is -2.11. The molecule has 0 aliphatic heterocycles. The summed E-state index contributed by atoms with van der Waals surface area (Å²) in [5.41, 5.74) is 8.04. The summed E-state index contributed by atoms with van der Waals surface area (Å²) in [5, 5.41) is 0. The predicted octanol–water partition coefficient (Wildman–Crippen LogP) is 3.18. The molecular formula is C12H16FN. The largest absolute Gasteiger partial charge is 0.324 e. The molecule has 0 fully saturated rings. The highest BCUT2D eigenvalue weighted by molar-refractivity contribution is 5.19. The average Bonchev–Trinajstić information content (AvgIpc) is 2.15. The van der Waals surface area contributed by atoms with Gasteiger partial charge in [-0.15, -0.1) is 6.58 Å². The molecule has 2 N–H and O–H groups in total. The van der Waals surface area contributed by atoms with Crippen LogP contribution in [0.2, 0.25) is 0 Å². The average molecular weight is 193 g/mol. The molecule has 1 nitrogen and oxygen atoms in total. The van der Waals surface area contributed by atoms with Crippen LogP contribution in [0.4, 0.5) is 4.39 Å². The molecule has 0 saturated carbocycles. The maximum atomic E-state index is 12.6. The van der Waals surface area contributed by atoms with Crippen molar-refractivity contribution in [3.8, 4) is 0 Å². The van der Waals surface area contributed by atoms with E-state index in [1.807, 2.05) is 6.92 Å². The van der Waals surface area contributed by atoms with Gasteiger partial charge in [0.25, 0.3) is 0 Å². The molecule has 0 aliphatic carbocycles. The van der Waals surface area contributed by atoms with Crippen LogP contribution >= 0.6 is 0 Å². The SMILES string of the molecule is C=C(C)CCC(N)c1ccc(F)cc1. The van der Waals surface area contributed by atoms with Crippen LogP contribution in [0.1, 0.15) is 31.4 Å². The molecule has 0 aliphatic rings. The molecule has 1 unspecified atom stereocenters. The molecular weight excluding hydrogens is 177 g/mol. The molecule has 0 spiro atoms. The summed E-state index contributed by atoms with van der Waals surface area (Å²) in [6.07, 6.45) is 1.78. The summed E-state index contributed by atoms with van der Waals surface area (Å²) in [6, 6.07) is 6.33. The zero-order chi connectivity index (χ0) is 10.6. The smallest absolute Gasteiger partial charge is 0.123 e. The molecule has 0 radical (unpaired) electrons. The van der Waals surface area contributed by atoms with E-state index in [4.69, 9.17) is 5.73 Å². The first-order valence-electron chi connectivity index (χ1n) is 4.75. The fourth-order valence-electron chi connectivity index (χ4n) is 1.28. The van der Waals surface area contributed by atoms with Crippen LogP contribution in [0.3, 0.4) is 0 Å². The Kier molecular flexibility index (Phi) is 3.84. The Balaban J connectivity index is 2.56. The van der Waals surface area contributed by atoms with Gasteiger partial charge in [-0.1, -0.05) is 17.7 Å². The number of halogens is 1. The Hall–Kier alpha value is -1.15. The van der Waals surface area contributed by atoms with Crippen molar-refractivity contribution in [2.75, 3.05) is 0 Å². The molecule has 76 valence electrons. The third-order valence-electron chi connectivity index (χ3n) is 2.18. The van der Waals surface area contributed by atoms with E-state index in [0.717, 1.165) is 24.0 Å². The van der Waals surface area contributed by atoms with E-state index in [1.54, 1.807) is 12.1 Å². The van der Waals surface area contributed by atoms with Crippen LogP contribution in [0.25, 0.3) is 0 Å². The Morgan fingerprint density at radius 2 is 2.00 bits per heavy atom. The van der Waals surface area contributed by atoms with Gasteiger partial charge in [-0.25, -0.2) is 4.39 Å². The highest BCUT2D eigenvalue weighted by Gasteiger charge is 2.05. The van der Waals surface area contributed by atoms with Gasteiger partial charge in [-0.05, 0) is 37.5 Å². The lowest BCUT2D eigenvalue weighted by molar-refractivity contribution is 0.618. The molecule has 0 amide bonds. The molecule has 1 aromatic carbocycles. The van der Waals surface area contributed by atoms with Crippen molar-refractivity contribution in [1.29, 1.82) is 0 Å². The Bertz CT molecular complexity index is 303. The quantitative estimate of drug-likeness (QED) is 0.730. The van der Waals surface area contributed by atoms with E-state index in [1.165, 1.54) is 12.1 Å². The van der Waals surface area contributed by atoms with Crippen LogP contribution < -0.4 is 5.73 Å². The van der Waals surface area contributed by atoms with E-state index in [9.17, 15) is 4.39 Å². The molecule has 0 aromatic heterocycles. The van der Waals surface area contributed by atoms with Crippen LogP contribution in [0.15, 0.2) is 36.4 Å². The lowest BCUT2D eigenvalue weighted by atomic mass is 10.0. The third kappa shape index (κ3) is 3.30. The highest BCUT2D eigenvalue weighted by Crippen LogP contribution is 2.17. The van der Waals surface area contributed by atoms with E-state index < -0.39 is 0 Å². The molecule has 2 heteroatoms. The van der Waals surface area contributed by atoms with Gasteiger partial charge < -0.3 is 5.73 Å². The van der Waals surface area contributed by atoms with Crippen molar-refractivity contribution in [3.63, 3.8) is 0 Å². The van der Waals surface area contributed by atoms with Gasteiger partial charge in [0.2, 0.25) is 0 Å². The fourth-order valence-corrected chi connectivity index (χ4v) is 1.28. The highest BCUT2D eigenvalue weighted by atomic mass is 19.1. The van der Waals surface area contributed by atoms with Gasteiger partial charge in [-0.2, -0.15) is 0 Å². The molecule has 0 bridgehead atoms. The molecule has 1 atom stereocenters. The van der Waals surface area contributed by atoms with Gasteiger partial charge in [0.05, 0.1) is 0 Å². The second kappa shape index (κ2) is 4.91. The first-order chi connectivity index (χ1) is 6.59. The minimum absolute atomic E-state index is 0.0210. The van der Waals surface area contributed by atoms with Gasteiger partial charge in [0.1, 0.15) is 5.82 Å². The van der Waals surface area contributed by atoms with Gasteiger partial charge in [0, 0.05) is 6.04 Å². The molecule has 1 aromatic rings. The summed E-state index contributed by atoms with van der Waals surface area (Å²) in [7, 11) is 0. The van der Waals surface area contributed by atoms with Crippen molar-refractivity contribution in [2.24, 2.45) is 5.73 Å². The van der Waals surface area contributed by atoms with E-state index in [2.05, 4.69) is 6.58 Å². The van der Waals surface area contributed by atoms with Gasteiger partial charge >= 0.3 is 0 Å². The second-order valence-corrected chi connectivity index (χ2v) is 3.65. The topological polar surface area (TPSA) is 26.0 Å². The number of rotatable bonds is 4. The predicted molar refractivity (Wildman–Crippen MR) is 57.4 cm³/mol. The first-order valence-corrected chi connectivity index (χ1v) is 4.75. The van der Waals surface area contributed by atoms with E-state index in [-0.39, 0.29) is 11.9 Å². The Labute approximate surface area is 84.4 Å². The number of hydrogen-bond donors (Lipinski definition) is 1. The van der Waals surface area contributed by atoms with Crippen LogP contribution in [-0.2, 0) is 0 Å². The summed E-state index contributed by atoms with van der Waals surface area (Å²) >= 11 is 0. The number of nitrogens with two attached hydrogens (primary N) is 1. The van der Waals surface area contributed by atoms with E-state index in [0.29, 0.717) is 0 Å². The van der Waals surface area contributed by atoms with Crippen molar-refractivity contribution in [2.45, 2.75) is 25.8 Å². The Morgan fingerprint density at radius 1 is 1.43 bits per heavy atom. The normalized spacial score (nSPS) is 12.5. The maximum absolute atomic E-state index is 12.6. The minimum Gasteiger partial charge on any atom is -0.324 e. The fraction of sp³-hybridized carbons (Fsp3) is 0.333. The monoisotopic (exact) mass is 193 g/mol. The zero-order valence-corrected chi connectivity index (χ0v) is 8.46. The number of benzene rings is 1. The van der Waals surface area contributed by atoms with Crippen molar-refractivity contribution >= 4 is 0 Å². The second-order valence-electron chi connectivity index (χ2n) is 3.65. The van der Waals surface area contributed by atoms with Crippen molar-refractivity contribution in [1.82, 2.24) is 0 Å². The summed E-state index contributed by atoms with van der Waals surface area (Å²) in [5.74, 6) is -0.221. The van der Waals surface area contributed by atoms with Crippen LogP contribution in [0.5, 0.6) is 0 Å².